The normalized spacial score (nSPS) is 21.9. The Bertz CT molecular complexity index is 1120. The molecule has 3 heterocycles. The number of halogens is 2. The number of piperazine rings is 2. The van der Waals surface area contributed by atoms with Crippen LogP contribution in [0.3, 0.4) is 0 Å². The monoisotopic (exact) mass is 508 g/mol. The number of benzene rings is 2. The molecule has 2 aromatic carbocycles. The van der Waals surface area contributed by atoms with Gasteiger partial charge >= 0.3 is 0 Å². The summed E-state index contributed by atoms with van der Waals surface area (Å²) in [7, 11) is 0. The minimum atomic E-state index is -0.593. The number of nitro benzene ring substituents is 2. The Kier molecular flexibility index (Phi) is 7.24. The second-order valence-electron chi connectivity index (χ2n) is 8.77. The largest absolute Gasteiger partial charge is 0.489 e. The zero-order valence-electron chi connectivity index (χ0n) is 18.8. The van der Waals surface area contributed by atoms with E-state index >= 15 is 0 Å². The molecule has 188 valence electrons. The van der Waals surface area contributed by atoms with Crippen LogP contribution in [0.25, 0.3) is 0 Å². The van der Waals surface area contributed by atoms with E-state index in [2.05, 4.69) is 15.1 Å². The van der Waals surface area contributed by atoms with E-state index in [9.17, 15) is 24.6 Å². The molecule has 2 saturated heterocycles. The molecule has 35 heavy (non-hydrogen) atoms. The molecule has 3 aliphatic rings. The van der Waals surface area contributed by atoms with Gasteiger partial charge in [-0.25, -0.2) is 4.39 Å². The van der Waals surface area contributed by atoms with Gasteiger partial charge in [-0.3, -0.25) is 25.1 Å². The van der Waals surface area contributed by atoms with Crippen LogP contribution in [0.15, 0.2) is 36.4 Å². The van der Waals surface area contributed by atoms with Gasteiger partial charge in [0.15, 0.2) is 5.82 Å². The summed E-state index contributed by atoms with van der Waals surface area (Å²) in [6.45, 7) is 5.45. The molecular weight excluding hydrogens is 483 g/mol. The first-order valence-corrected chi connectivity index (χ1v) is 11.2. The van der Waals surface area contributed by atoms with Crippen molar-refractivity contribution in [1.29, 1.82) is 0 Å². The van der Waals surface area contributed by atoms with Gasteiger partial charge < -0.3 is 19.9 Å². The summed E-state index contributed by atoms with van der Waals surface area (Å²) in [5, 5.41) is 25.4. The van der Waals surface area contributed by atoms with Crippen molar-refractivity contribution in [2.24, 2.45) is 0 Å². The van der Waals surface area contributed by atoms with Crippen LogP contribution >= 0.6 is 12.4 Å². The lowest BCUT2D eigenvalue weighted by molar-refractivity contribution is -0.385. The van der Waals surface area contributed by atoms with Gasteiger partial charge in [-0.2, -0.15) is 0 Å². The van der Waals surface area contributed by atoms with Crippen LogP contribution in [0.4, 0.5) is 27.1 Å². The van der Waals surface area contributed by atoms with Gasteiger partial charge in [-0.1, -0.05) is 0 Å². The van der Waals surface area contributed by atoms with Crippen molar-refractivity contribution in [2.75, 3.05) is 62.2 Å². The lowest BCUT2D eigenvalue weighted by atomic mass is 10.1. The topological polar surface area (TPSA) is 117 Å². The van der Waals surface area contributed by atoms with Crippen LogP contribution in [0.5, 0.6) is 5.75 Å². The Hall–Kier alpha value is -3.22. The number of nitrogens with one attached hydrogen (secondary N) is 1. The smallest absolute Gasteiger partial charge is 0.273 e. The molecule has 0 radical (unpaired) electrons. The highest BCUT2D eigenvalue weighted by molar-refractivity contribution is 5.85. The summed E-state index contributed by atoms with van der Waals surface area (Å²) >= 11 is 0. The number of hydrogen-bond donors (Lipinski definition) is 1. The van der Waals surface area contributed by atoms with Crippen molar-refractivity contribution < 1.29 is 19.0 Å². The SMILES string of the molecule is Cl.O=[N+]([O-])c1ccc(N2CCNCC2CN2CCN3c4ccc([N+](=O)[O-])cc4OC[C@H]3C2)c(F)c1. The first-order chi connectivity index (χ1) is 16.4. The molecule has 0 aliphatic carbocycles. The molecule has 13 heteroatoms. The number of ether oxygens (including phenoxy) is 1. The van der Waals surface area contributed by atoms with Gasteiger partial charge in [0, 0.05) is 57.9 Å². The molecule has 0 amide bonds. The van der Waals surface area contributed by atoms with E-state index < -0.39 is 15.7 Å². The van der Waals surface area contributed by atoms with Gasteiger partial charge in [0.1, 0.15) is 12.4 Å². The van der Waals surface area contributed by atoms with E-state index in [0.29, 0.717) is 44.2 Å². The number of rotatable bonds is 5. The molecule has 3 aliphatic heterocycles. The lowest BCUT2D eigenvalue weighted by Gasteiger charge is -2.47. The van der Waals surface area contributed by atoms with Gasteiger partial charge in [-0.15, -0.1) is 12.4 Å². The third-order valence-electron chi connectivity index (χ3n) is 6.73. The third kappa shape index (κ3) is 4.95. The van der Waals surface area contributed by atoms with E-state index in [1.165, 1.54) is 24.3 Å². The Morgan fingerprint density at radius 3 is 2.43 bits per heavy atom. The van der Waals surface area contributed by atoms with Crippen LogP contribution in [0.1, 0.15) is 0 Å². The van der Waals surface area contributed by atoms with Crippen molar-refractivity contribution in [2.45, 2.75) is 12.1 Å². The second-order valence-corrected chi connectivity index (χ2v) is 8.77. The summed E-state index contributed by atoms with van der Waals surface area (Å²) < 4.78 is 20.6. The number of nitro groups is 2. The van der Waals surface area contributed by atoms with Crippen LogP contribution in [-0.4, -0.2) is 79.3 Å². The van der Waals surface area contributed by atoms with E-state index in [0.717, 1.165) is 31.4 Å². The molecule has 0 bridgehead atoms. The molecule has 11 nitrogen and oxygen atoms in total. The molecule has 0 spiro atoms. The van der Waals surface area contributed by atoms with Crippen LogP contribution < -0.4 is 19.9 Å². The Morgan fingerprint density at radius 2 is 1.71 bits per heavy atom. The summed E-state index contributed by atoms with van der Waals surface area (Å²) in [6.07, 6.45) is 0. The molecule has 1 N–H and O–H groups in total. The van der Waals surface area contributed by atoms with Crippen molar-refractivity contribution in [3.63, 3.8) is 0 Å². The number of non-ortho nitro benzene ring substituents is 2. The standard InChI is InChI=1S/C22H25FN6O5.ClH/c23-19-9-15(28(30)31)1-3-20(19)26-6-5-24-11-17(26)12-25-7-8-27-18(13-25)14-34-22-10-16(29(32)33)2-4-21(22)27;/h1-4,9-10,17-18,24H,5-8,11-14H2;1H/t17?,18-;/m1./s1. The van der Waals surface area contributed by atoms with Crippen molar-refractivity contribution in [3.8, 4) is 5.75 Å². The number of nitrogens with zero attached hydrogens (tertiary/aromatic N) is 5. The fourth-order valence-electron chi connectivity index (χ4n) is 5.08. The van der Waals surface area contributed by atoms with Gasteiger partial charge in [-0.05, 0) is 12.1 Å². The Balaban J connectivity index is 0.00000289. The zero-order valence-corrected chi connectivity index (χ0v) is 19.7. The quantitative estimate of drug-likeness (QED) is 0.480. The molecule has 0 aromatic heterocycles. The highest BCUT2D eigenvalue weighted by Gasteiger charge is 2.35. The first kappa shape index (κ1) is 24.9. The predicted octanol–water partition coefficient (Wildman–Crippen LogP) is 2.43. The molecule has 2 fully saturated rings. The molecule has 0 saturated carbocycles. The van der Waals surface area contributed by atoms with Crippen molar-refractivity contribution in [1.82, 2.24) is 10.2 Å². The molecule has 1 unspecified atom stereocenters. The summed E-state index contributed by atoms with van der Waals surface area (Å²) in [5.74, 6) is -0.0486. The highest BCUT2D eigenvalue weighted by Crippen LogP contribution is 2.38. The summed E-state index contributed by atoms with van der Waals surface area (Å²) in [4.78, 5) is 27.6. The first-order valence-electron chi connectivity index (χ1n) is 11.2. The summed E-state index contributed by atoms with van der Waals surface area (Å²) in [6, 6.07) is 8.67. The maximum absolute atomic E-state index is 14.7. The number of hydrogen-bond acceptors (Lipinski definition) is 9. The van der Waals surface area contributed by atoms with Crippen LogP contribution in [0, 0.1) is 26.0 Å². The second kappa shape index (κ2) is 10.2. The van der Waals surface area contributed by atoms with Gasteiger partial charge in [0.25, 0.3) is 11.4 Å². The van der Waals surface area contributed by atoms with Crippen LogP contribution in [-0.2, 0) is 0 Å². The number of fused-ring (bicyclic) bond motifs is 3. The lowest BCUT2D eigenvalue weighted by Crippen LogP contribution is -2.61. The van der Waals surface area contributed by atoms with E-state index in [-0.39, 0.29) is 35.9 Å². The summed E-state index contributed by atoms with van der Waals surface area (Å²) in [5.41, 5.74) is 1.01. The maximum Gasteiger partial charge on any atom is 0.273 e. The highest BCUT2D eigenvalue weighted by atomic mass is 35.5. The molecule has 2 atom stereocenters. The zero-order chi connectivity index (χ0) is 23.8. The molecular formula is C22H26ClFN6O5. The van der Waals surface area contributed by atoms with Gasteiger partial charge in [0.05, 0.1) is 45.4 Å². The number of anilines is 2. The minimum Gasteiger partial charge on any atom is -0.489 e. The van der Waals surface area contributed by atoms with E-state index in [4.69, 9.17) is 4.74 Å². The average Bonchev–Trinajstić information content (AvgIpc) is 2.83. The average molecular weight is 509 g/mol. The predicted molar refractivity (Wildman–Crippen MR) is 130 cm³/mol. The molecule has 2 aromatic rings. The van der Waals surface area contributed by atoms with Crippen LogP contribution in [0.2, 0.25) is 0 Å². The van der Waals surface area contributed by atoms with Crippen molar-refractivity contribution in [3.05, 3.63) is 62.4 Å². The third-order valence-corrected chi connectivity index (χ3v) is 6.73. The fourth-order valence-corrected chi connectivity index (χ4v) is 5.08. The van der Waals surface area contributed by atoms with E-state index in [1.807, 2.05) is 4.90 Å². The fraction of sp³-hybridized carbons (Fsp3) is 0.455. The van der Waals surface area contributed by atoms with E-state index in [1.54, 1.807) is 6.07 Å². The van der Waals surface area contributed by atoms with Crippen molar-refractivity contribution >= 4 is 35.2 Å². The minimum absolute atomic E-state index is 0. The van der Waals surface area contributed by atoms with Gasteiger partial charge in [0.2, 0.25) is 0 Å². The Labute approximate surface area is 207 Å². The molecule has 5 rings (SSSR count). The maximum atomic E-state index is 14.7. The Morgan fingerprint density at radius 1 is 1.00 bits per heavy atom.